The van der Waals surface area contributed by atoms with Crippen LogP contribution in [0.3, 0.4) is 0 Å². The normalized spacial score (nSPS) is 11.8. The van der Waals surface area contributed by atoms with E-state index in [0.717, 1.165) is 20.7 Å². The molecule has 0 aliphatic carbocycles. The average Bonchev–Trinajstić information content (AvgIpc) is 2.50. The highest BCUT2D eigenvalue weighted by Gasteiger charge is 2.14. The number of benzene rings is 2. The monoisotopic (exact) mass is 378 g/mol. The molecule has 2 aromatic rings. The molecule has 0 fully saturated rings. The molecule has 0 aliphatic heterocycles. The van der Waals surface area contributed by atoms with Crippen LogP contribution in [0.2, 0.25) is 0 Å². The van der Waals surface area contributed by atoms with E-state index in [-0.39, 0.29) is 11.2 Å². The highest BCUT2D eigenvalue weighted by Crippen LogP contribution is 2.26. The Morgan fingerprint density at radius 2 is 1.68 bits per heavy atom. The minimum Gasteiger partial charge on any atom is -0.378 e. The van der Waals surface area contributed by atoms with Crippen molar-refractivity contribution in [2.45, 2.75) is 17.1 Å². The van der Waals surface area contributed by atoms with Gasteiger partial charge in [0.25, 0.3) is 0 Å². The summed E-state index contributed by atoms with van der Waals surface area (Å²) in [4.78, 5) is 15.4. The van der Waals surface area contributed by atoms with Crippen molar-refractivity contribution in [2.75, 3.05) is 24.3 Å². The largest absolute Gasteiger partial charge is 0.378 e. The van der Waals surface area contributed by atoms with Crippen LogP contribution in [-0.2, 0) is 4.79 Å². The second-order valence-corrected chi connectivity index (χ2v) is 7.47. The Kier molecular flexibility index (Phi) is 5.91. The molecule has 1 atom stereocenters. The van der Waals surface area contributed by atoms with E-state index >= 15 is 0 Å². The summed E-state index contributed by atoms with van der Waals surface area (Å²) in [7, 11) is 3.98. The van der Waals surface area contributed by atoms with Crippen LogP contribution in [0, 0.1) is 0 Å². The fourth-order valence-corrected chi connectivity index (χ4v) is 2.99. The number of carbonyl (C=O) groups is 1. The molecular formula is C17H19BrN2OS. The lowest BCUT2D eigenvalue weighted by molar-refractivity contribution is -0.115. The van der Waals surface area contributed by atoms with Crippen molar-refractivity contribution in [3.63, 3.8) is 0 Å². The number of amides is 1. The van der Waals surface area contributed by atoms with Crippen LogP contribution >= 0.6 is 27.7 Å². The van der Waals surface area contributed by atoms with Gasteiger partial charge in [-0.15, -0.1) is 11.8 Å². The number of hydrogen-bond donors (Lipinski definition) is 1. The van der Waals surface area contributed by atoms with Crippen molar-refractivity contribution in [1.29, 1.82) is 0 Å². The van der Waals surface area contributed by atoms with Gasteiger partial charge < -0.3 is 10.2 Å². The van der Waals surface area contributed by atoms with E-state index in [1.165, 1.54) is 0 Å². The van der Waals surface area contributed by atoms with E-state index < -0.39 is 0 Å². The quantitative estimate of drug-likeness (QED) is 0.769. The van der Waals surface area contributed by atoms with Crippen molar-refractivity contribution in [3.05, 3.63) is 53.0 Å². The fraction of sp³-hybridized carbons (Fsp3) is 0.235. The molecule has 0 aliphatic rings. The van der Waals surface area contributed by atoms with Crippen molar-refractivity contribution >= 4 is 45.0 Å². The van der Waals surface area contributed by atoms with Crippen molar-refractivity contribution in [3.8, 4) is 0 Å². The first-order chi connectivity index (χ1) is 10.5. The zero-order valence-corrected chi connectivity index (χ0v) is 15.2. The Bertz CT molecular complexity index is 626. The number of nitrogens with one attached hydrogen (secondary N) is 1. The molecule has 0 bridgehead atoms. The number of nitrogens with zero attached hydrogens (tertiary/aromatic N) is 1. The lowest BCUT2D eigenvalue weighted by Crippen LogP contribution is -2.22. The number of halogens is 1. The Labute approximate surface area is 144 Å². The summed E-state index contributed by atoms with van der Waals surface area (Å²) >= 11 is 4.96. The zero-order valence-electron chi connectivity index (χ0n) is 12.8. The predicted octanol–water partition coefficient (Wildman–Crippen LogP) is 4.63. The first-order valence-electron chi connectivity index (χ1n) is 6.96. The summed E-state index contributed by atoms with van der Waals surface area (Å²) in [5.74, 6) is 0.00511. The first-order valence-corrected chi connectivity index (χ1v) is 8.63. The summed E-state index contributed by atoms with van der Waals surface area (Å²) < 4.78 is 1.04. The molecule has 1 amide bonds. The van der Waals surface area contributed by atoms with Gasteiger partial charge in [-0.3, -0.25) is 4.79 Å². The molecule has 22 heavy (non-hydrogen) atoms. The van der Waals surface area contributed by atoms with Crippen LogP contribution in [0.1, 0.15) is 6.92 Å². The molecular weight excluding hydrogens is 360 g/mol. The third-order valence-corrected chi connectivity index (χ3v) is 4.79. The Balaban J connectivity index is 1.94. The lowest BCUT2D eigenvalue weighted by Gasteiger charge is -2.15. The van der Waals surface area contributed by atoms with E-state index in [9.17, 15) is 4.79 Å². The van der Waals surface area contributed by atoms with Crippen molar-refractivity contribution < 1.29 is 4.79 Å². The smallest absolute Gasteiger partial charge is 0.237 e. The molecule has 0 radical (unpaired) electrons. The molecule has 1 unspecified atom stereocenters. The molecule has 0 saturated heterocycles. The molecule has 0 spiro atoms. The van der Waals surface area contributed by atoms with Crippen LogP contribution in [0.5, 0.6) is 0 Å². The molecule has 1 N–H and O–H groups in total. The Morgan fingerprint density at radius 1 is 1.09 bits per heavy atom. The van der Waals surface area contributed by atoms with Crippen molar-refractivity contribution in [2.24, 2.45) is 0 Å². The maximum atomic E-state index is 12.3. The summed E-state index contributed by atoms with van der Waals surface area (Å²) in [6.07, 6.45) is 0. The fourth-order valence-electron chi connectivity index (χ4n) is 1.86. The van der Waals surface area contributed by atoms with E-state index in [2.05, 4.69) is 21.2 Å². The third kappa shape index (κ3) is 4.78. The number of hydrogen-bond acceptors (Lipinski definition) is 3. The maximum absolute atomic E-state index is 12.3. The van der Waals surface area contributed by atoms with Crippen LogP contribution in [0.4, 0.5) is 11.4 Å². The van der Waals surface area contributed by atoms with Crippen LogP contribution < -0.4 is 10.2 Å². The Morgan fingerprint density at radius 3 is 2.23 bits per heavy atom. The molecule has 5 heteroatoms. The van der Waals surface area contributed by atoms with Gasteiger partial charge in [-0.25, -0.2) is 0 Å². The molecule has 3 nitrogen and oxygen atoms in total. The SMILES string of the molecule is CC(Sc1ccc(Br)cc1)C(=O)Nc1ccc(N(C)C)cc1. The Hall–Kier alpha value is -1.46. The van der Waals surface area contributed by atoms with Crippen molar-refractivity contribution in [1.82, 2.24) is 0 Å². The van der Waals surface area contributed by atoms with E-state index in [1.807, 2.05) is 74.4 Å². The van der Waals surface area contributed by atoms with Gasteiger partial charge >= 0.3 is 0 Å². The maximum Gasteiger partial charge on any atom is 0.237 e. The molecule has 0 heterocycles. The second-order valence-electron chi connectivity index (χ2n) is 5.14. The number of carbonyl (C=O) groups excluding carboxylic acids is 1. The molecule has 0 aromatic heterocycles. The van der Waals surface area contributed by atoms with Crippen LogP contribution in [-0.4, -0.2) is 25.3 Å². The minimum atomic E-state index is -0.158. The van der Waals surface area contributed by atoms with E-state index in [1.54, 1.807) is 11.8 Å². The van der Waals surface area contributed by atoms with Gasteiger partial charge in [-0.1, -0.05) is 15.9 Å². The molecule has 0 saturated carbocycles. The number of thioether (sulfide) groups is 1. The average molecular weight is 379 g/mol. The van der Waals surface area contributed by atoms with Crippen LogP contribution in [0.25, 0.3) is 0 Å². The molecule has 116 valence electrons. The molecule has 2 aromatic carbocycles. The van der Waals surface area contributed by atoms with E-state index in [4.69, 9.17) is 0 Å². The highest BCUT2D eigenvalue weighted by atomic mass is 79.9. The zero-order chi connectivity index (χ0) is 16.1. The summed E-state index contributed by atoms with van der Waals surface area (Å²) in [5.41, 5.74) is 1.93. The standard InChI is InChI=1S/C17H19BrN2OS/c1-12(22-16-10-4-13(18)5-11-16)17(21)19-14-6-8-15(9-7-14)20(2)3/h4-12H,1-3H3,(H,19,21). The highest BCUT2D eigenvalue weighted by molar-refractivity contribution is 9.10. The lowest BCUT2D eigenvalue weighted by atomic mass is 10.2. The van der Waals surface area contributed by atoms with Gasteiger partial charge in [-0.2, -0.15) is 0 Å². The van der Waals surface area contributed by atoms with Gasteiger partial charge in [0.05, 0.1) is 5.25 Å². The second kappa shape index (κ2) is 7.70. The predicted molar refractivity (Wildman–Crippen MR) is 98.9 cm³/mol. The third-order valence-electron chi connectivity index (χ3n) is 3.15. The number of anilines is 2. The van der Waals surface area contributed by atoms with Gasteiger partial charge in [0.15, 0.2) is 0 Å². The van der Waals surface area contributed by atoms with Gasteiger partial charge in [0.1, 0.15) is 0 Å². The number of rotatable bonds is 5. The summed E-state index contributed by atoms with van der Waals surface area (Å²) in [6.45, 7) is 1.91. The minimum absolute atomic E-state index is 0.00511. The molecule has 2 rings (SSSR count). The summed E-state index contributed by atoms with van der Waals surface area (Å²) in [5, 5.41) is 2.79. The first kappa shape index (κ1) is 16.9. The van der Waals surface area contributed by atoms with Gasteiger partial charge in [0.2, 0.25) is 5.91 Å². The van der Waals surface area contributed by atoms with Gasteiger partial charge in [0, 0.05) is 34.8 Å². The summed E-state index contributed by atoms with van der Waals surface area (Å²) in [6, 6.07) is 15.8. The van der Waals surface area contributed by atoms with Gasteiger partial charge in [-0.05, 0) is 55.5 Å². The topological polar surface area (TPSA) is 32.3 Å². The van der Waals surface area contributed by atoms with E-state index in [0.29, 0.717) is 0 Å². The van der Waals surface area contributed by atoms with Crippen LogP contribution in [0.15, 0.2) is 57.9 Å².